The molecular weight excluding hydrogens is 258 g/mol. The minimum Gasteiger partial charge on any atom is -0.481 e. The van der Waals surface area contributed by atoms with Crippen LogP contribution >= 0.6 is 11.6 Å². The fourth-order valence-electron chi connectivity index (χ4n) is 1.50. The van der Waals surface area contributed by atoms with E-state index in [2.05, 4.69) is 6.58 Å². The molecule has 0 aliphatic heterocycles. The topological polar surface area (TPSA) is 80.4 Å². The first kappa shape index (κ1) is 14.2. The van der Waals surface area contributed by atoms with Gasteiger partial charge in [0.25, 0.3) is 5.69 Å². The standard InChI is InChI=1S/C12H12ClNO4/c1-3-12(2,11(15)16)7-8-6-9(13)4-5-10(8)14(17)18/h3-6H,1,7H2,2H3,(H,15,16). The molecule has 1 aromatic carbocycles. The molecule has 0 radical (unpaired) electrons. The SMILES string of the molecule is C=CC(C)(Cc1cc(Cl)ccc1[N+](=O)[O-])C(=O)O. The summed E-state index contributed by atoms with van der Waals surface area (Å²) in [7, 11) is 0. The van der Waals surface area contributed by atoms with Crippen molar-refractivity contribution in [2.45, 2.75) is 13.3 Å². The molecule has 0 heterocycles. The Labute approximate surface area is 109 Å². The Kier molecular flexibility index (Phi) is 4.08. The number of nitrogens with zero attached hydrogens (tertiary/aromatic N) is 1. The molecule has 6 heteroatoms. The van der Waals surface area contributed by atoms with Crippen LogP contribution in [0.4, 0.5) is 5.69 Å². The van der Waals surface area contributed by atoms with Crippen molar-refractivity contribution in [3.8, 4) is 0 Å². The van der Waals surface area contributed by atoms with Crippen LogP contribution < -0.4 is 0 Å². The van der Waals surface area contributed by atoms with E-state index >= 15 is 0 Å². The molecule has 0 saturated carbocycles. The van der Waals surface area contributed by atoms with Crippen LogP contribution in [-0.2, 0) is 11.2 Å². The van der Waals surface area contributed by atoms with Crippen LogP contribution in [-0.4, -0.2) is 16.0 Å². The number of aliphatic carboxylic acids is 1. The molecule has 0 aromatic heterocycles. The summed E-state index contributed by atoms with van der Waals surface area (Å²) in [5.74, 6) is -1.09. The normalized spacial score (nSPS) is 13.7. The highest BCUT2D eigenvalue weighted by molar-refractivity contribution is 6.30. The zero-order valence-electron chi connectivity index (χ0n) is 9.72. The summed E-state index contributed by atoms with van der Waals surface area (Å²) in [6, 6.07) is 4.07. The van der Waals surface area contributed by atoms with Gasteiger partial charge in [-0.15, -0.1) is 6.58 Å². The van der Waals surface area contributed by atoms with E-state index in [1.807, 2.05) is 0 Å². The highest BCUT2D eigenvalue weighted by atomic mass is 35.5. The smallest absolute Gasteiger partial charge is 0.313 e. The van der Waals surface area contributed by atoms with Crippen LogP contribution in [0.3, 0.4) is 0 Å². The predicted molar refractivity (Wildman–Crippen MR) is 67.8 cm³/mol. The molecule has 0 aliphatic rings. The van der Waals surface area contributed by atoms with E-state index in [0.29, 0.717) is 5.02 Å². The van der Waals surface area contributed by atoms with E-state index in [0.717, 1.165) is 0 Å². The molecular formula is C12H12ClNO4. The second-order valence-electron chi connectivity index (χ2n) is 4.13. The quantitative estimate of drug-likeness (QED) is 0.506. The molecule has 0 aliphatic carbocycles. The van der Waals surface area contributed by atoms with Crippen molar-refractivity contribution in [2.75, 3.05) is 0 Å². The van der Waals surface area contributed by atoms with Gasteiger partial charge in [-0.25, -0.2) is 0 Å². The van der Waals surface area contributed by atoms with Gasteiger partial charge in [-0.05, 0) is 25.5 Å². The van der Waals surface area contributed by atoms with Crippen molar-refractivity contribution in [2.24, 2.45) is 5.41 Å². The zero-order chi connectivity index (χ0) is 13.9. The van der Waals surface area contributed by atoms with Crippen molar-refractivity contribution < 1.29 is 14.8 Å². The lowest BCUT2D eigenvalue weighted by Gasteiger charge is -2.20. The summed E-state index contributed by atoms with van der Waals surface area (Å²) in [6.07, 6.45) is 1.22. The maximum Gasteiger partial charge on any atom is 0.313 e. The van der Waals surface area contributed by atoms with Gasteiger partial charge in [0.2, 0.25) is 0 Å². The van der Waals surface area contributed by atoms with Crippen LogP contribution in [0, 0.1) is 15.5 Å². The highest BCUT2D eigenvalue weighted by Gasteiger charge is 2.32. The van der Waals surface area contributed by atoms with Crippen molar-refractivity contribution in [3.63, 3.8) is 0 Å². The molecule has 0 amide bonds. The van der Waals surface area contributed by atoms with E-state index in [1.54, 1.807) is 0 Å². The monoisotopic (exact) mass is 269 g/mol. The average molecular weight is 270 g/mol. The van der Waals surface area contributed by atoms with Crippen LogP contribution in [0.15, 0.2) is 30.9 Å². The number of carboxylic acid groups (broad SMARTS) is 1. The zero-order valence-corrected chi connectivity index (χ0v) is 10.5. The molecule has 1 rings (SSSR count). The number of halogens is 1. The van der Waals surface area contributed by atoms with Crippen LogP contribution in [0.1, 0.15) is 12.5 Å². The van der Waals surface area contributed by atoms with Crippen LogP contribution in [0.5, 0.6) is 0 Å². The lowest BCUT2D eigenvalue weighted by atomic mass is 9.83. The van der Waals surface area contributed by atoms with Crippen molar-refractivity contribution in [1.29, 1.82) is 0 Å². The summed E-state index contributed by atoms with van der Waals surface area (Å²) in [5, 5.41) is 20.3. The third kappa shape index (κ3) is 2.87. The number of carboxylic acids is 1. The van der Waals surface area contributed by atoms with E-state index in [9.17, 15) is 14.9 Å². The number of benzene rings is 1. The van der Waals surface area contributed by atoms with Gasteiger partial charge in [-0.3, -0.25) is 14.9 Å². The van der Waals surface area contributed by atoms with Crippen molar-refractivity contribution in [1.82, 2.24) is 0 Å². The largest absolute Gasteiger partial charge is 0.481 e. The number of nitro groups is 1. The number of carbonyl (C=O) groups is 1. The summed E-state index contributed by atoms with van der Waals surface area (Å²) in [6.45, 7) is 4.91. The van der Waals surface area contributed by atoms with Gasteiger partial charge in [0, 0.05) is 16.7 Å². The Balaban J connectivity index is 3.25. The minimum absolute atomic E-state index is 0.0390. The molecule has 1 atom stereocenters. The summed E-state index contributed by atoms with van der Waals surface area (Å²) in [5.41, 5.74) is -1.14. The fourth-order valence-corrected chi connectivity index (χ4v) is 1.70. The summed E-state index contributed by atoms with van der Waals surface area (Å²) < 4.78 is 0. The summed E-state index contributed by atoms with van der Waals surface area (Å²) >= 11 is 5.78. The average Bonchev–Trinajstić information content (AvgIpc) is 2.28. The van der Waals surface area contributed by atoms with E-state index in [1.165, 1.54) is 31.2 Å². The molecule has 96 valence electrons. The number of rotatable bonds is 5. The first-order chi connectivity index (χ1) is 8.30. The Morgan fingerprint density at radius 1 is 1.67 bits per heavy atom. The minimum atomic E-state index is -1.27. The number of hydrogen-bond acceptors (Lipinski definition) is 3. The molecule has 0 saturated heterocycles. The molecule has 0 bridgehead atoms. The van der Waals surface area contributed by atoms with Crippen LogP contribution in [0.2, 0.25) is 5.02 Å². The first-order valence-corrected chi connectivity index (χ1v) is 5.48. The Morgan fingerprint density at radius 3 is 2.72 bits per heavy atom. The van der Waals surface area contributed by atoms with Gasteiger partial charge < -0.3 is 5.11 Å². The second kappa shape index (κ2) is 5.18. The third-order valence-corrected chi connectivity index (χ3v) is 2.97. The molecule has 1 N–H and O–H groups in total. The van der Waals surface area contributed by atoms with E-state index in [-0.39, 0.29) is 17.7 Å². The van der Waals surface area contributed by atoms with E-state index in [4.69, 9.17) is 16.7 Å². The molecule has 18 heavy (non-hydrogen) atoms. The summed E-state index contributed by atoms with van der Waals surface area (Å²) in [4.78, 5) is 21.5. The van der Waals surface area contributed by atoms with Crippen molar-refractivity contribution >= 4 is 23.3 Å². The van der Waals surface area contributed by atoms with Gasteiger partial charge in [0.15, 0.2) is 0 Å². The predicted octanol–water partition coefficient (Wildman–Crippen LogP) is 3.07. The van der Waals surface area contributed by atoms with Gasteiger partial charge in [0.05, 0.1) is 10.3 Å². The van der Waals surface area contributed by atoms with Gasteiger partial charge in [-0.2, -0.15) is 0 Å². The molecule has 5 nitrogen and oxygen atoms in total. The molecule has 0 fully saturated rings. The highest BCUT2D eigenvalue weighted by Crippen LogP contribution is 2.31. The lowest BCUT2D eigenvalue weighted by molar-refractivity contribution is -0.385. The molecule has 0 spiro atoms. The second-order valence-corrected chi connectivity index (χ2v) is 4.57. The number of hydrogen-bond donors (Lipinski definition) is 1. The van der Waals surface area contributed by atoms with Gasteiger partial charge in [-0.1, -0.05) is 17.7 Å². The maximum atomic E-state index is 11.1. The fraction of sp³-hybridized carbons (Fsp3) is 0.250. The Hall–Kier alpha value is -1.88. The molecule has 1 aromatic rings. The van der Waals surface area contributed by atoms with Crippen LogP contribution in [0.25, 0.3) is 0 Å². The van der Waals surface area contributed by atoms with Gasteiger partial charge in [0.1, 0.15) is 0 Å². The van der Waals surface area contributed by atoms with E-state index < -0.39 is 16.3 Å². The molecule has 1 unspecified atom stereocenters. The maximum absolute atomic E-state index is 11.1. The Bertz CT molecular complexity index is 515. The third-order valence-electron chi connectivity index (χ3n) is 2.74. The Morgan fingerprint density at radius 2 is 2.28 bits per heavy atom. The first-order valence-electron chi connectivity index (χ1n) is 5.10. The number of nitro benzene ring substituents is 1. The van der Waals surface area contributed by atoms with Gasteiger partial charge >= 0.3 is 5.97 Å². The van der Waals surface area contributed by atoms with Crippen molar-refractivity contribution in [3.05, 3.63) is 51.6 Å². The lowest BCUT2D eigenvalue weighted by Crippen LogP contribution is -2.27.